The minimum atomic E-state index is -0.345. The quantitative estimate of drug-likeness (QED) is 0.224. The van der Waals surface area contributed by atoms with Crippen LogP contribution >= 0.6 is 61.2 Å². The Kier molecular flexibility index (Phi) is 12.5. The molecular weight excluding hydrogens is 594 g/mol. The van der Waals surface area contributed by atoms with Crippen LogP contribution in [0.1, 0.15) is 17.4 Å². The molecular formula is C23H27Cl5N10. The van der Waals surface area contributed by atoms with Crippen molar-refractivity contribution in [1.82, 2.24) is 34.3 Å². The lowest BCUT2D eigenvalue weighted by Gasteiger charge is -2.14. The summed E-state index contributed by atoms with van der Waals surface area (Å²) in [4.78, 5) is 8.98. The first-order valence-electron chi connectivity index (χ1n) is 10.7. The molecule has 0 spiro atoms. The zero-order valence-electron chi connectivity index (χ0n) is 20.3. The zero-order chi connectivity index (χ0) is 23.7. The van der Waals surface area contributed by atoms with Gasteiger partial charge < -0.3 is 16.4 Å². The highest BCUT2D eigenvalue weighted by Gasteiger charge is 2.18. The molecule has 0 saturated heterocycles. The Morgan fingerprint density at radius 1 is 0.947 bits per heavy atom. The van der Waals surface area contributed by atoms with Crippen molar-refractivity contribution in [2.45, 2.75) is 12.5 Å². The molecule has 10 nitrogen and oxygen atoms in total. The molecule has 4 heterocycles. The Bertz CT molecular complexity index is 1460. The van der Waals surface area contributed by atoms with Crippen molar-refractivity contribution in [2.24, 2.45) is 12.8 Å². The Hall–Kier alpha value is -2.86. The summed E-state index contributed by atoms with van der Waals surface area (Å²) >= 11 is 6.00. The molecule has 0 aliphatic heterocycles. The number of aromatic nitrogens is 7. The maximum atomic E-state index is 6.52. The maximum Gasteiger partial charge on any atom is 0.228 e. The fourth-order valence-corrected chi connectivity index (χ4v) is 3.90. The van der Waals surface area contributed by atoms with E-state index < -0.39 is 0 Å². The van der Waals surface area contributed by atoms with Crippen LogP contribution in [0.3, 0.4) is 0 Å². The topological polar surface area (TPSA) is 124 Å². The number of benzene rings is 1. The maximum absolute atomic E-state index is 6.52. The number of hydrogen-bond donors (Lipinski definition) is 3. The van der Waals surface area contributed by atoms with Crippen LogP contribution < -0.4 is 16.4 Å². The summed E-state index contributed by atoms with van der Waals surface area (Å²) in [7, 11) is 3.70. The smallest absolute Gasteiger partial charge is 0.228 e. The van der Waals surface area contributed by atoms with Crippen LogP contribution in [0.5, 0.6) is 0 Å². The van der Waals surface area contributed by atoms with Gasteiger partial charge in [0.05, 0.1) is 17.9 Å². The molecule has 0 radical (unpaired) electrons. The lowest BCUT2D eigenvalue weighted by Crippen LogP contribution is -2.18. The molecule has 15 heteroatoms. The third kappa shape index (κ3) is 6.96. The minimum Gasteiger partial charge on any atom is -0.374 e. The molecule has 0 bridgehead atoms. The van der Waals surface area contributed by atoms with Gasteiger partial charge in [0, 0.05) is 36.9 Å². The molecule has 1 aromatic carbocycles. The highest BCUT2D eigenvalue weighted by molar-refractivity contribution is 6.30. The number of aryl methyl sites for hydroxylation is 1. The van der Waals surface area contributed by atoms with Gasteiger partial charge in [-0.15, -0.1) is 59.8 Å². The normalized spacial score (nSPS) is 10.8. The standard InChI is InChI=1S/C23H23ClN10.4ClH/c1-26-20-12-15(18-7-9-27-23(29-18)30-19-8-10-28-33(19)2)13-21-31-32-22(34(20)21)17(25)11-14-3-5-16(24)6-4-14;;;;/h3-10,12-13,17,26H,11,25H2,1-2H3,(H,27,29,30);4*1H/t17-;;;;/m1..../s1. The van der Waals surface area contributed by atoms with Gasteiger partial charge in [-0.1, -0.05) is 23.7 Å². The molecule has 38 heavy (non-hydrogen) atoms. The molecule has 0 aliphatic rings. The van der Waals surface area contributed by atoms with Crippen LogP contribution in [-0.2, 0) is 13.5 Å². The van der Waals surface area contributed by atoms with E-state index in [1.165, 1.54) is 0 Å². The van der Waals surface area contributed by atoms with Gasteiger partial charge in [-0.25, -0.2) is 9.97 Å². The number of nitrogens with two attached hydrogens (primary N) is 1. The number of nitrogens with zero attached hydrogens (tertiary/aromatic N) is 7. The van der Waals surface area contributed by atoms with Crippen LogP contribution in [0.4, 0.5) is 17.6 Å². The Balaban J connectivity index is 0.00000180. The van der Waals surface area contributed by atoms with E-state index in [4.69, 9.17) is 17.3 Å². The van der Waals surface area contributed by atoms with E-state index in [-0.39, 0.29) is 55.7 Å². The van der Waals surface area contributed by atoms with E-state index in [0.29, 0.717) is 28.9 Å². The Morgan fingerprint density at radius 2 is 1.68 bits per heavy atom. The Morgan fingerprint density at radius 3 is 2.34 bits per heavy atom. The van der Waals surface area contributed by atoms with E-state index in [0.717, 1.165) is 28.5 Å². The van der Waals surface area contributed by atoms with Crippen molar-refractivity contribution >= 4 is 84.5 Å². The van der Waals surface area contributed by atoms with Gasteiger partial charge in [-0.3, -0.25) is 9.08 Å². The van der Waals surface area contributed by atoms with Crippen molar-refractivity contribution in [3.8, 4) is 11.3 Å². The summed E-state index contributed by atoms with van der Waals surface area (Å²) in [5.74, 6) is 2.74. The second-order valence-electron chi connectivity index (χ2n) is 7.80. The second-order valence-corrected chi connectivity index (χ2v) is 8.24. The van der Waals surface area contributed by atoms with Crippen LogP contribution in [0.15, 0.2) is 60.9 Å². The van der Waals surface area contributed by atoms with Gasteiger partial charge in [0.1, 0.15) is 11.6 Å². The van der Waals surface area contributed by atoms with Gasteiger partial charge in [-0.05, 0) is 42.3 Å². The number of anilines is 3. The van der Waals surface area contributed by atoms with Crippen molar-refractivity contribution < 1.29 is 0 Å². The molecule has 0 amide bonds. The van der Waals surface area contributed by atoms with Crippen molar-refractivity contribution in [3.63, 3.8) is 0 Å². The molecule has 204 valence electrons. The molecule has 0 fully saturated rings. The summed E-state index contributed by atoms with van der Waals surface area (Å²) in [6.07, 6.45) is 4.03. The number of hydrogen-bond acceptors (Lipinski definition) is 8. The lowest BCUT2D eigenvalue weighted by molar-refractivity contribution is 0.659. The third-order valence-corrected chi connectivity index (χ3v) is 5.75. The first-order chi connectivity index (χ1) is 16.5. The second kappa shape index (κ2) is 14.3. The van der Waals surface area contributed by atoms with E-state index in [1.807, 2.05) is 67.0 Å². The molecule has 4 aromatic heterocycles. The average Bonchev–Trinajstić information content (AvgIpc) is 3.46. The number of fused-ring (bicyclic) bond motifs is 1. The predicted octanol–water partition coefficient (Wildman–Crippen LogP) is 5.29. The van der Waals surface area contributed by atoms with E-state index in [2.05, 4.69) is 35.9 Å². The van der Waals surface area contributed by atoms with Crippen LogP contribution in [-0.4, -0.2) is 41.4 Å². The minimum absolute atomic E-state index is 0. The first kappa shape index (κ1) is 33.2. The highest BCUT2D eigenvalue weighted by Crippen LogP contribution is 2.27. The summed E-state index contributed by atoms with van der Waals surface area (Å²) in [6.45, 7) is 0. The number of halogens is 5. The molecule has 1 atom stereocenters. The lowest BCUT2D eigenvalue weighted by atomic mass is 10.1. The monoisotopic (exact) mass is 618 g/mol. The van der Waals surface area contributed by atoms with Gasteiger partial charge in [0.25, 0.3) is 0 Å². The number of nitrogens with one attached hydrogen (secondary N) is 2. The number of pyridine rings is 1. The van der Waals surface area contributed by atoms with Gasteiger partial charge in [-0.2, -0.15) is 5.10 Å². The van der Waals surface area contributed by atoms with Crippen molar-refractivity contribution in [2.75, 3.05) is 17.7 Å². The molecule has 0 saturated carbocycles. The first-order valence-corrected chi connectivity index (χ1v) is 11.0. The van der Waals surface area contributed by atoms with Gasteiger partial charge in [0.2, 0.25) is 5.95 Å². The fourth-order valence-electron chi connectivity index (χ4n) is 3.77. The zero-order valence-corrected chi connectivity index (χ0v) is 24.3. The predicted molar refractivity (Wildman–Crippen MR) is 161 cm³/mol. The van der Waals surface area contributed by atoms with E-state index >= 15 is 0 Å². The SMILES string of the molecule is CNc1cc(-c2ccnc(Nc3ccnn3C)n2)cc2nnc([C@H](N)Cc3ccc(Cl)cc3)n12.Cl.Cl.Cl.Cl. The average molecular weight is 621 g/mol. The van der Waals surface area contributed by atoms with Gasteiger partial charge >= 0.3 is 0 Å². The fraction of sp³-hybridized carbons (Fsp3) is 0.174. The van der Waals surface area contributed by atoms with Crippen LogP contribution in [0.2, 0.25) is 5.02 Å². The molecule has 5 rings (SSSR count). The summed E-state index contributed by atoms with van der Waals surface area (Å²) < 4.78 is 3.65. The van der Waals surface area contributed by atoms with Crippen molar-refractivity contribution in [1.29, 1.82) is 0 Å². The van der Waals surface area contributed by atoms with Crippen LogP contribution in [0.25, 0.3) is 16.9 Å². The molecule has 0 unspecified atom stereocenters. The summed E-state index contributed by atoms with van der Waals surface area (Å²) in [5, 5.41) is 20.0. The summed E-state index contributed by atoms with van der Waals surface area (Å²) in [5.41, 5.74) is 9.89. The highest BCUT2D eigenvalue weighted by atomic mass is 35.5. The van der Waals surface area contributed by atoms with E-state index in [1.54, 1.807) is 17.1 Å². The molecule has 0 aliphatic carbocycles. The third-order valence-electron chi connectivity index (χ3n) is 5.50. The Labute approximate surface area is 249 Å². The van der Waals surface area contributed by atoms with E-state index in [9.17, 15) is 0 Å². The van der Waals surface area contributed by atoms with Crippen LogP contribution in [0, 0.1) is 0 Å². The summed E-state index contributed by atoms with van der Waals surface area (Å²) in [6, 6.07) is 14.9. The van der Waals surface area contributed by atoms with Crippen molar-refractivity contribution in [3.05, 3.63) is 77.3 Å². The largest absolute Gasteiger partial charge is 0.374 e. The molecule has 5 aromatic rings. The number of rotatable bonds is 7. The molecule has 4 N–H and O–H groups in total. The van der Waals surface area contributed by atoms with Gasteiger partial charge in [0.15, 0.2) is 11.5 Å².